The minimum atomic E-state index is -2.31. The number of benzene rings is 1. The minimum Gasteiger partial charge on any atom is -0.427 e. The van der Waals surface area contributed by atoms with E-state index in [1.807, 2.05) is 18.2 Å². The van der Waals surface area contributed by atoms with Gasteiger partial charge in [0.25, 0.3) is 0 Å². The average Bonchev–Trinajstić information content (AvgIpc) is 2.26. The molecule has 0 atom stereocenters. The van der Waals surface area contributed by atoms with E-state index in [9.17, 15) is 0 Å². The Hall–Kier alpha value is -0.630. The van der Waals surface area contributed by atoms with E-state index in [-0.39, 0.29) is 0 Å². The Morgan fingerprint density at radius 2 is 1.88 bits per heavy atom. The largest absolute Gasteiger partial charge is 0.427 e. The molecule has 3 nitrogen and oxygen atoms in total. The van der Waals surface area contributed by atoms with Crippen LogP contribution in [0.4, 0.5) is 0 Å². The van der Waals surface area contributed by atoms with Crippen LogP contribution in [-0.4, -0.2) is 9.79 Å². The molecule has 0 saturated carbocycles. The Bertz CT molecular complexity index is 302. The maximum Gasteiger partial charge on any atom is 0.391 e. The summed E-state index contributed by atoms with van der Waals surface area (Å²) in [7, 11) is -2.31. The summed E-state index contributed by atoms with van der Waals surface area (Å²) >= 11 is 0. The van der Waals surface area contributed by atoms with E-state index < -0.39 is 8.60 Å². The van der Waals surface area contributed by atoms with Gasteiger partial charge in [0.2, 0.25) is 0 Å². The van der Waals surface area contributed by atoms with Gasteiger partial charge in [0.05, 0.1) is 0 Å². The van der Waals surface area contributed by atoms with Crippen molar-refractivity contribution in [2.45, 2.75) is 39.0 Å². The van der Waals surface area contributed by atoms with Crippen molar-refractivity contribution in [2.75, 3.05) is 0 Å². The first-order valence-corrected chi connectivity index (χ1v) is 6.84. The third-order valence-corrected chi connectivity index (χ3v) is 2.81. The van der Waals surface area contributed by atoms with E-state index in [0.717, 1.165) is 18.4 Å². The summed E-state index contributed by atoms with van der Waals surface area (Å²) in [5.74, 6) is 0.593. The molecule has 1 aromatic carbocycles. The molecule has 0 heterocycles. The Morgan fingerprint density at radius 1 is 1.12 bits per heavy atom. The SMILES string of the molecule is CCCCCCc1ccccc1OP(O)O. The zero-order valence-electron chi connectivity index (χ0n) is 9.59. The molecule has 90 valence electrons. The fraction of sp³-hybridized carbons (Fsp3) is 0.500. The number of rotatable bonds is 7. The Balaban J connectivity index is 2.50. The summed E-state index contributed by atoms with van der Waals surface area (Å²) < 4.78 is 4.98. The smallest absolute Gasteiger partial charge is 0.391 e. The van der Waals surface area contributed by atoms with E-state index in [2.05, 4.69) is 6.92 Å². The highest BCUT2D eigenvalue weighted by atomic mass is 31.2. The van der Waals surface area contributed by atoms with Crippen LogP contribution in [0.25, 0.3) is 0 Å². The summed E-state index contributed by atoms with van der Waals surface area (Å²) in [6.07, 6.45) is 5.71. The summed E-state index contributed by atoms with van der Waals surface area (Å²) in [5.41, 5.74) is 1.05. The molecule has 0 saturated heterocycles. The van der Waals surface area contributed by atoms with Crippen molar-refractivity contribution in [3.05, 3.63) is 29.8 Å². The number of hydrogen-bond donors (Lipinski definition) is 2. The summed E-state index contributed by atoms with van der Waals surface area (Å²) in [4.78, 5) is 17.7. The zero-order chi connectivity index (χ0) is 11.8. The standard InChI is InChI=1S/C12H19O3P/c1-2-3-4-5-8-11-9-6-7-10-12(11)15-16(13)14/h6-7,9-10,13-14H,2-5,8H2,1H3. The van der Waals surface area contributed by atoms with Crippen molar-refractivity contribution < 1.29 is 14.3 Å². The molecule has 0 aliphatic heterocycles. The first kappa shape index (κ1) is 13.4. The number of unbranched alkanes of at least 4 members (excludes halogenated alkanes) is 3. The van der Waals surface area contributed by atoms with E-state index in [1.165, 1.54) is 19.3 Å². The fourth-order valence-corrected chi connectivity index (χ4v) is 1.98. The molecular formula is C12H19O3P. The van der Waals surface area contributed by atoms with Crippen molar-refractivity contribution >= 4 is 8.60 Å². The lowest BCUT2D eigenvalue weighted by Gasteiger charge is -2.10. The van der Waals surface area contributed by atoms with Crippen LogP contribution in [0, 0.1) is 0 Å². The van der Waals surface area contributed by atoms with Crippen molar-refractivity contribution in [3.8, 4) is 5.75 Å². The van der Waals surface area contributed by atoms with Crippen LogP contribution in [0.1, 0.15) is 38.2 Å². The third-order valence-electron chi connectivity index (χ3n) is 2.45. The lowest BCUT2D eigenvalue weighted by molar-refractivity contribution is 0.373. The van der Waals surface area contributed by atoms with Gasteiger partial charge in [-0.2, -0.15) is 0 Å². The maximum absolute atomic E-state index is 8.84. The molecule has 0 bridgehead atoms. The second-order valence-corrected chi connectivity index (χ2v) is 4.45. The molecule has 0 radical (unpaired) electrons. The van der Waals surface area contributed by atoms with Gasteiger partial charge in [-0.15, -0.1) is 0 Å². The third kappa shape index (κ3) is 4.93. The minimum absolute atomic E-state index is 0.593. The maximum atomic E-state index is 8.84. The zero-order valence-corrected chi connectivity index (χ0v) is 10.5. The first-order valence-electron chi connectivity index (χ1n) is 5.67. The summed E-state index contributed by atoms with van der Waals surface area (Å²) in [6.45, 7) is 2.18. The average molecular weight is 242 g/mol. The van der Waals surface area contributed by atoms with Gasteiger partial charge in [-0.05, 0) is 24.5 Å². The van der Waals surface area contributed by atoms with Crippen LogP contribution < -0.4 is 4.52 Å². The number of aryl methyl sites for hydroxylation is 1. The predicted octanol–water partition coefficient (Wildman–Crippen LogP) is 3.40. The Morgan fingerprint density at radius 3 is 2.56 bits per heavy atom. The molecular weight excluding hydrogens is 223 g/mol. The van der Waals surface area contributed by atoms with Crippen LogP contribution in [0.15, 0.2) is 24.3 Å². The quantitative estimate of drug-likeness (QED) is 0.569. The van der Waals surface area contributed by atoms with E-state index in [4.69, 9.17) is 14.3 Å². The molecule has 1 rings (SSSR count). The lowest BCUT2D eigenvalue weighted by atomic mass is 10.1. The van der Waals surface area contributed by atoms with Gasteiger partial charge >= 0.3 is 8.60 Å². The molecule has 16 heavy (non-hydrogen) atoms. The molecule has 0 aromatic heterocycles. The van der Waals surface area contributed by atoms with Crippen molar-refractivity contribution in [3.63, 3.8) is 0 Å². The van der Waals surface area contributed by atoms with Gasteiger partial charge < -0.3 is 14.3 Å². The van der Waals surface area contributed by atoms with Gasteiger partial charge in [0, 0.05) is 0 Å². The van der Waals surface area contributed by atoms with Crippen molar-refractivity contribution in [1.82, 2.24) is 0 Å². The van der Waals surface area contributed by atoms with Gasteiger partial charge in [0.15, 0.2) is 0 Å². The summed E-state index contributed by atoms with van der Waals surface area (Å²) in [6, 6.07) is 7.53. The molecule has 4 heteroatoms. The normalized spacial score (nSPS) is 10.8. The van der Waals surface area contributed by atoms with Gasteiger partial charge in [-0.25, -0.2) is 0 Å². The molecule has 0 fully saturated rings. The highest BCUT2D eigenvalue weighted by Crippen LogP contribution is 2.32. The van der Waals surface area contributed by atoms with Gasteiger partial charge in [-0.3, -0.25) is 0 Å². The van der Waals surface area contributed by atoms with E-state index in [0.29, 0.717) is 5.75 Å². The molecule has 0 aliphatic rings. The molecule has 0 unspecified atom stereocenters. The summed E-state index contributed by atoms with van der Waals surface area (Å²) in [5, 5.41) is 0. The molecule has 2 N–H and O–H groups in total. The second-order valence-electron chi connectivity index (χ2n) is 3.76. The van der Waals surface area contributed by atoms with Crippen molar-refractivity contribution in [2.24, 2.45) is 0 Å². The molecule has 0 spiro atoms. The Labute approximate surface area is 98.1 Å². The van der Waals surface area contributed by atoms with Gasteiger partial charge in [0.1, 0.15) is 5.75 Å². The van der Waals surface area contributed by atoms with Crippen molar-refractivity contribution in [1.29, 1.82) is 0 Å². The fourth-order valence-electron chi connectivity index (χ4n) is 1.63. The van der Waals surface area contributed by atoms with E-state index in [1.54, 1.807) is 6.07 Å². The number of para-hydroxylation sites is 1. The van der Waals surface area contributed by atoms with Crippen LogP contribution in [0.5, 0.6) is 5.75 Å². The molecule has 0 amide bonds. The van der Waals surface area contributed by atoms with Gasteiger partial charge in [-0.1, -0.05) is 44.4 Å². The van der Waals surface area contributed by atoms with Crippen LogP contribution in [0.3, 0.4) is 0 Å². The molecule has 1 aromatic rings. The second kappa shape index (κ2) is 7.61. The topological polar surface area (TPSA) is 49.7 Å². The van der Waals surface area contributed by atoms with Crippen LogP contribution in [0.2, 0.25) is 0 Å². The number of hydrogen-bond acceptors (Lipinski definition) is 3. The predicted molar refractivity (Wildman–Crippen MR) is 66.3 cm³/mol. The molecule has 0 aliphatic carbocycles. The monoisotopic (exact) mass is 242 g/mol. The van der Waals surface area contributed by atoms with Crippen LogP contribution in [-0.2, 0) is 6.42 Å². The Kier molecular flexibility index (Phi) is 6.39. The van der Waals surface area contributed by atoms with Crippen LogP contribution >= 0.6 is 8.60 Å². The highest BCUT2D eigenvalue weighted by molar-refractivity contribution is 7.39. The van der Waals surface area contributed by atoms with E-state index >= 15 is 0 Å². The lowest BCUT2D eigenvalue weighted by Crippen LogP contribution is -1.92. The first-order chi connectivity index (χ1) is 7.74. The highest BCUT2D eigenvalue weighted by Gasteiger charge is 2.07.